The summed E-state index contributed by atoms with van der Waals surface area (Å²) in [5, 5.41) is 23.7. The van der Waals surface area contributed by atoms with E-state index in [0.717, 1.165) is 10.0 Å². The van der Waals surface area contributed by atoms with Crippen molar-refractivity contribution in [1.82, 2.24) is 39.8 Å². The molecular weight excluding hydrogens is 502 g/mol. The lowest BCUT2D eigenvalue weighted by atomic mass is 10.2. The Morgan fingerprint density at radius 3 is 2.65 bits per heavy atom. The largest absolute Gasteiger partial charge is 0.471 e. The van der Waals surface area contributed by atoms with Crippen molar-refractivity contribution >= 4 is 27.5 Å². The van der Waals surface area contributed by atoms with E-state index in [2.05, 4.69) is 46.9 Å². The molecule has 0 unspecified atom stereocenters. The van der Waals surface area contributed by atoms with Gasteiger partial charge in [0.05, 0.1) is 18.1 Å². The maximum Gasteiger partial charge on any atom is 0.276 e. The third-order valence-corrected chi connectivity index (χ3v) is 5.23. The highest BCUT2D eigenvalue weighted by molar-refractivity contribution is 9.10. The van der Waals surface area contributed by atoms with E-state index in [9.17, 15) is 4.79 Å². The molecule has 0 saturated heterocycles. The minimum absolute atomic E-state index is 0.210. The summed E-state index contributed by atoms with van der Waals surface area (Å²) in [5.41, 5.74) is 1.66. The Morgan fingerprint density at radius 1 is 1.00 bits per heavy atom. The van der Waals surface area contributed by atoms with Crippen LogP contribution in [0.15, 0.2) is 83.7 Å². The maximum atomic E-state index is 12.6. The molecule has 12 heteroatoms. The highest BCUT2D eigenvalue weighted by atomic mass is 79.9. The average Bonchev–Trinajstić information content (AvgIpc) is 3.61. The highest BCUT2D eigenvalue weighted by Gasteiger charge is 2.12. The van der Waals surface area contributed by atoms with Gasteiger partial charge < -0.3 is 10.1 Å². The number of nitrogens with one attached hydrogen (secondary N) is 1. The lowest BCUT2D eigenvalue weighted by Gasteiger charge is -2.05. The fourth-order valence-corrected chi connectivity index (χ4v) is 3.33. The van der Waals surface area contributed by atoms with Gasteiger partial charge in [0.15, 0.2) is 19.1 Å². The average molecular weight is 520 g/mol. The quantitative estimate of drug-likeness (QED) is 0.334. The van der Waals surface area contributed by atoms with Crippen LogP contribution in [0.1, 0.15) is 10.5 Å². The number of carbonyl (C=O) groups excluding carboxylic acids is 1. The second-order valence-corrected chi connectivity index (χ2v) is 8.10. The van der Waals surface area contributed by atoms with E-state index in [1.807, 2.05) is 54.6 Å². The predicted octanol–water partition coefficient (Wildman–Crippen LogP) is 3.29. The van der Waals surface area contributed by atoms with Gasteiger partial charge in [-0.1, -0.05) is 46.3 Å². The lowest BCUT2D eigenvalue weighted by Crippen LogP contribution is -2.15. The number of halogens is 1. The van der Waals surface area contributed by atoms with Crippen LogP contribution >= 0.6 is 15.9 Å². The fraction of sp³-hybridized carbons (Fsp3) is 0.0909. The van der Waals surface area contributed by atoms with E-state index < -0.39 is 0 Å². The van der Waals surface area contributed by atoms with Gasteiger partial charge in [-0.05, 0) is 35.5 Å². The van der Waals surface area contributed by atoms with Crippen LogP contribution in [0.3, 0.4) is 0 Å². The number of amides is 1. The summed E-state index contributed by atoms with van der Waals surface area (Å²) in [5.74, 6) is 0.878. The summed E-state index contributed by atoms with van der Waals surface area (Å²) in [6.07, 6.45) is 4.90. The number of tetrazole rings is 1. The van der Waals surface area contributed by atoms with E-state index in [1.54, 1.807) is 34.0 Å². The minimum Gasteiger partial charge on any atom is -0.471 e. The van der Waals surface area contributed by atoms with Crippen LogP contribution in [0.2, 0.25) is 0 Å². The van der Waals surface area contributed by atoms with Crippen LogP contribution in [0.4, 0.5) is 5.69 Å². The van der Waals surface area contributed by atoms with Gasteiger partial charge in [0.2, 0.25) is 5.82 Å². The van der Waals surface area contributed by atoms with E-state index in [4.69, 9.17) is 4.74 Å². The van der Waals surface area contributed by atoms with Gasteiger partial charge in [-0.25, -0.2) is 9.36 Å². The molecule has 3 aromatic heterocycles. The zero-order chi connectivity index (χ0) is 23.3. The van der Waals surface area contributed by atoms with Crippen LogP contribution < -0.4 is 10.1 Å². The molecule has 0 aliphatic carbocycles. The number of rotatable bonds is 8. The van der Waals surface area contributed by atoms with Crippen LogP contribution in [0.25, 0.3) is 11.4 Å². The molecule has 5 aromatic rings. The number of hydrogen-bond acceptors (Lipinski definition) is 7. The predicted molar refractivity (Wildman–Crippen MR) is 126 cm³/mol. The highest BCUT2D eigenvalue weighted by Crippen LogP contribution is 2.17. The Morgan fingerprint density at radius 2 is 1.82 bits per heavy atom. The van der Waals surface area contributed by atoms with E-state index >= 15 is 0 Å². The molecule has 5 rings (SSSR count). The number of benzene rings is 2. The number of aromatic nitrogens is 8. The van der Waals surface area contributed by atoms with Gasteiger partial charge in [0, 0.05) is 16.2 Å². The molecule has 0 aliphatic rings. The molecule has 0 bridgehead atoms. The lowest BCUT2D eigenvalue weighted by molar-refractivity contribution is 0.102. The molecule has 34 heavy (non-hydrogen) atoms. The molecule has 0 fully saturated rings. The molecule has 0 atom stereocenters. The summed E-state index contributed by atoms with van der Waals surface area (Å²) in [6.45, 7) is 0.431. The van der Waals surface area contributed by atoms with Crippen molar-refractivity contribution in [2.45, 2.75) is 13.4 Å². The molecule has 0 spiro atoms. The number of hydrogen-bond donors (Lipinski definition) is 1. The van der Waals surface area contributed by atoms with Crippen molar-refractivity contribution in [3.63, 3.8) is 0 Å². The van der Waals surface area contributed by atoms with Gasteiger partial charge in [0.25, 0.3) is 5.91 Å². The Labute approximate surface area is 202 Å². The summed E-state index contributed by atoms with van der Waals surface area (Å²) < 4.78 is 9.78. The summed E-state index contributed by atoms with van der Waals surface area (Å²) in [4.78, 5) is 14.0. The monoisotopic (exact) mass is 519 g/mol. The minimum atomic E-state index is -0.358. The number of carbonyl (C=O) groups is 1. The Kier molecular flexibility index (Phi) is 6.12. The van der Waals surface area contributed by atoms with Gasteiger partial charge in [-0.15, -0.1) is 15.0 Å². The van der Waals surface area contributed by atoms with E-state index in [-0.39, 0.29) is 25.0 Å². The topological polar surface area (TPSA) is 118 Å². The van der Waals surface area contributed by atoms with Crippen molar-refractivity contribution in [2.24, 2.45) is 0 Å². The van der Waals surface area contributed by atoms with Gasteiger partial charge in [-0.3, -0.25) is 4.79 Å². The number of ether oxygens (including phenoxy) is 1. The van der Waals surface area contributed by atoms with Gasteiger partial charge in [0.1, 0.15) is 5.75 Å². The number of nitrogens with zero attached hydrogens (tertiary/aromatic N) is 8. The van der Waals surface area contributed by atoms with Crippen molar-refractivity contribution in [3.05, 3.63) is 89.4 Å². The molecule has 170 valence electrons. The van der Waals surface area contributed by atoms with Crippen LogP contribution in [-0.4, -0.2) is 45.7 Å². The maximum absolute atomic E-state index is 12.6. The zero-order valence-corrected chi connectivity index (χ0v) is 19.3. The van der Waals surface area contributed by atoms with Crippen LogP contribution in [-0.2, 0) is 13.4 Å². The molecule has 2 aromatic carbocycles. The zero-order valence-electron chi connectivity index (χ0n) is 17.7. The van der Waals surface area contributed by atoms with Crippen LogP contribution in [0.5, 0.6) is 5.75 Å². The SMILES string of the molecule is O=C(Nc1cnn(COc2ccc(Br)cc2)c1)c1ccn(Cn2nnc(-c3ccccc3)n2)n1. The molecule has 11 nitrogen and oxygen atoms in total. The van der Waals surface area contributed by atoms with Crippen molar-refractivity contribution in [3.8, 4) is 17.1 Å². The Bertz CT molecular complexity index is 1390. The third-order valence-electron chi connectivity index (χ3n) is 4.70. The Balaban J connectivity index is 1.16. The first-order valence-electron chi connectivity index (χ1n) is 10.2. The third kappa shape index (κ3) is 5.18. The second-order valence-electron chi connectivity index (χ2n) is 7.18. The first kappa shape index (κ1) is 21.5. The normalized spacial score (nSPS) is 10.9. The molecule has 0 radical (unpaired) electrons. The first-order valence-corrected chi connectivity index (χ1v) is 11.0. The molecule has 1 amide bonds. The molecule has 1 N–H and O–H groups in total. The fourth-order valence-electron chi connectivity index (χ4n) is 3.06. The summed E-state index contributed by atoms with van der Waals surface area (Å²) in [6, 6.07) is 18.7. The first-order chi connectivity index (χ1) is 16.6. The van der Waals surface area contributed by atoms with E-state index in [1.165, 1.54) is 4.80 Å². The van der Waals surface area contributed by atoms with Crippen molar-refractivity contribution in [1.29, 1.82) is 0 Å². The smallest absolute Gasteiger partial charge is 0.276 e. The standard InChI is InChI=1S/C22H18BrN9O2/c23-17-6-8-19(9-7-17)34-15-31-13-18(12-24-31)25-22(33)20-10-11-30(27-20)14-32-28-21(26-29-32)16-4-2-1-3-5-16/h1-13H,14-15H2,(H,25,33). The van der Waals surface area contributed by atoms with Crippen LogP contribution in [0, 0.1) is 0 Å². The number of anilines is 1. The van der Waals surface area contributed by atoms with Gasteiger partial charge >= 0.3 is 0 Å². The molecule has 0 aliphatic heterocycles. The molecule has 3 heterocycles. The van der Waals surface area contributed by atoms with Gasteiger partial charge in [-0.2, -0.15) is 10.2 Å². The summed E-state index contributed by atoms with van der Waals surface area (Å²) >= 11 is 3.38. The molecular formula is C22H18BrN9O2. The van der Waals surface area contributed by atoms with Crippen molar-refractivity contribution in [2.75, 3.05) is 5.32 Å². The Hall–Kier alpha value is -4.32. The van der Waals surface area contributed by atoms with E-state index in [0.29, 0.717) is 17.3 Å². The molecule has 0 saturated carbocycles. The second kappa shape index (κ2) is 9.67. The summed E-state index contributed by atoms with van der Waals surface area (Å²) in [7, 11) is 0. The van der Waals surface area contributed by atoms with Crippen molar-refractivity contribution < 1.29 is 9.53 Å².